The molecule has 0 spiro atoms. The van der Waals surface area contributed by atoms with E-state index in [1.165, 1.54) is 12.1 Å². The van der Waals surface area contributed by atoms with Crippen LogP contribution in [0.4, 0.5) is 14.7 Å². The summed E-state index contributed by atoms with van der Waals surface area (Å²) in [6.45, 7) is 5.20. The largest absolute Gasteiger partial charge is 0.340 e. The molecule has 0 aliphatic carbocycles. The SMILES string of the molecule is CC(C)c1nc(N2CCc3nc(-c4ccc(F)cc4F)[nH]c3C2)no1. The third-order valence-corrected chi connectivity index (χ3v) is 4.23. The van der Waals surface area contributed by atoms with Gasteiger partial charge in [0.15, 0.2) is 0 Å². The maximum absolute atomic E-state index is 14.0. The van der Waals surface area contributed by atoms with Crippen LogP contribution in [0.25, 0.3) is 11.4 Å². The lowest BCUT2D eigenvalue weighted by molar-refractivity contribution is 0.364. The number of anilines is 1. The second-order valence-electron chi connectivity index (χ2n) is 6.39. The number of hydrogen-bond acceptors (Lipinski definition) is 5. The van der Waals surface area contributed by atoms with Crippen LogP contribution in [0.3, 0.4) is 0 Å². The smallest absolute Gasteiger partial charge is 0.266 e. The molecule has 1 aromatic carbocycles. The highest BCUT2D eigenvalue weighted by molar-refractivity contribution is 5.57. The Labute approximate surface area is 142 Å². The number of aromatic amines is 1. The van der Waals surface area contributed by atoms with Crippen LogP contribution in [0.2, 0.25) is 0 Å². The Kier molecular flexibility index (Phi) is 3.74. The molecule has 25 heavy (non-hydrogen) atoms. The number of nitrogens with one attached hydrogen (secondary N) is 1. The molecule has 8 heteroatoms. The van der Waals surface area contributed by atoms with Gasteiger partial charge in [0.1, 0.15) is 17.5 Å². The van der Waals surface area contributed by atoms with Gasteiger partial charge in [0.25, 0.3) is 5.95 Å². The summed E-state index contributed by atoms with van der Waals surface area (Å²) in [6.07, 6.45) is 0.681. The molecule has 0 atom stereocenters. The van der Waals surface area contributed by atoms with Crippen LogP contribution in [0, 0.1) is 11.6 Å². The zero-order valence-corrected chi connectivity index (χ0v) is 13.9. The number of rotatable bonds is 3. The molecule has 130 valence electrons. The molecule has 6 nitrogen and oxygen atoms in total. The summed E-state index contributed by atoms with van der Waals surface area (Å²) < 4.78 is 32.3. The molecule has 0 radical (unpaired) electrons. The van der Waals surface area contributed by atoms with E-state index in [1.54, 1.807) is 0 Å². The molecule has 0 amide bonds. The Morgan fingerprint density at radius 3 is 2.80 bits per heavy atom. The molecule has 1 aliphatic rings. The van der Waals surface area contributed by atoms with Gasteiger partial charge in [-0.25, -0.2) is 13.8 Å². The minimum absolute atomic E-state index is 0.168. The fourth-order valence-corrected chi connectivity index (χ4v) is 2.86. The molecule has 0 saturated heterocycles. The van der Waals surface area contributed by atoms with E-state index in [2.05, 4.69) is 20.1 Å². The van der Waals surface area contributed by atoms with Crippen molar-refractivity contribution in [1.29, 1.82) is 0 Å². The van der Waals surface area contributed by atoms with E-state index in [9.17, 15) is 8.78 Å². The lowest BCUT2D eigenvalue weighted by Gasteiger charge is -2.24. The van der Waals surface area contributed by atoms with Crippen LogP contribution in [0.15, 0.2) is 22.7 Å². The number of fused-ring (bicyclic) bond motifs is 1. The molecule has 0 bridgehead atoms. The molecular formula is C17H17F2N5O. The van der Waals surface area contributed by atoms with E-state index in [0.717, 1.165) is 17.5 Å². The number of H-pyrrole nitrogens is 1. The zero-order valence-electron chi connectivity index (χ0n) is 13.9. The van der Waals surface area contributed by atoms with Gasteiger partial charge in [-0.2, -0.15) is 4.98 Å². The Morgan fingerprint density at radius 1 is 1.24 bits per heavy atom. The first-order valence-electron chi connectivity index (χ1n) is 8.13. The van der Waals surface area contributed by atoms with Gasteiger partial charge in [-0.05, 0) is 17.3 Å². The fourth-order valence-electron chi connectivity index (χ4n) is 2.86. The highest BCUT2D eigenvalue weighted by Gasteiger charge is 2.25. The van der Waals surface area contributed by atoms with E-state index in [-0.39, 0.29) is 11.5 Å². The molecule has 1 N–H and O–H groups in total. The van der Waals surface area contributed by atoms with Crippen LogP contribution in [0.1, 0.15) is 37.0 Å². The van der Waals surface area contributed by atoms with Crippen LogP contribution < -0.4 is 4.90 Å². The molecule has 1 aliphatic heterocycles. The maximum Gasteiger partial charge on any atom is 0.266 e. The fraction of sp³-hybridized carbons (Fsp3) is 0.353. The average Bonchev–Trinajstić information content (AvgIpc) is 3.21. The van der Waals surface area contributed by atoms with Gasteiger partial charge >= 0.3 is 0 Å². The van der Waals surface area contributed by atoms with Crippen molar-refractivity contribution in [2.24, 2.45) is 0 Å². The summed E-state index contributed by atoms with van der Waals surface area (Å²) in [7, 11) is 0. The van der Waals surface area contributed by atoms with Gasteiger partial charge in [0.05, 0.1) is 23.5 Å². The Bertz CT molecular complexity index is 918. The van der Waals surface area contributed by atoms with Crippen molar-refractivity contribution in [3.63, 3.8) is 0 Å². The van der Waals surface area contributed by atoms with Crippen molar-refractivity contribution in [2.75, 3.05) is 11.4 Å². The third kappa shape index (κ3) is 2.88. The van der Waals surface area contributed by atoms with Gasteiger partial charge in [0, 0.05) is 24.9 Å². The first-order valence-corrected chi connectivity index (χ1v) is 8.13. The molecule has 0 unspecified atom stereocenters. The summed E-state index contributed by atoms with van der Waals surface area (Å²) in [5.41, 5.74) is 2.01. The number of benzene rings is 1. The highest BCUT2D eigenvalue weighted by Crippen LogP contribution is 2.27. The maximum atomic E-state index is 14.0. The number of aromatic nitrogens is 4. The number of hydrogen-bond donors (Lipinski definition) is 1. The van der Waals surface area contributed by atoms with Crippen LogP contribution >= 0.6 is 0 Å². The molecule has 3 aromatic rings. The van der Waals surface area contributed by atoms with Crippen LogP contribution in [-0.4, -0.2) is 26.7 Å². The van der Waals surface area contributed by atoms with Gasteiger partial charge < -0.3 is 14.4 Å². The van der Waals surface area contributed by atoms with Crippen molar-refractivity contribution >= 4 is 5.95 Å². The van der Waals surface area contributed by atoms with Crippen LogP contribution in [0.5, 0.6) is 0 Å². The van der Waals surface area contributed by atoms with Gasteiger partial charge in [-0.1, -0.05) is 13.8 Å². The Balaban J connectivity index is 1.60. The van der Waals surface area contributed by atoms with E-state index in [4.69, 9.17) is 4.52 Å². The summed E-state index contributed by atoms with van der Waals surface area (Å²) >= 11 is 0. The predicted molar refractivity (Wildman–Crippen MR) is 87.1 cm³/mol. The summed E-state index contributed by atoms with van der Waals surface area (Å²) in [4.78, 5) is 14.0. The van der Waals surface area contributed by atoms with E-state index in [0.29, 0.717) is 37.2 Å². The second-order valence-corrected chi connectivity index (χ2v) is 6.39. The third-order valence-electron chi connectivity index (χ3n) is 4.23. The molecular weight excluding hydrogens is 328 g/mol. The van der Waals surface area contributed by atoms with Crippen molar-refractivity contribution in [3.8, 4) is 11.4 Å². The topological polar surface area (TPSA) is 70.8 Å². The van der Waals surface area contributed by atoms with Gasteiger partial charge in [-0.3, -0.25) is 0 Å². The number of imidazole rings is 1. The average molecular weight is 345 g/mol. The van der Waals surface area contributed by atoms with Crippen molar-refractivity contribution in [2.45, 2.75) is 32.7 Å². The molecule has 0 saturated carbocycles. The van der Waals surface area contributed by atoms with Crippen LogP contribution in [-0.2, 0) is 13.0 Å². The first-order chi connectivity index (χ1) is 12.0. The van der Waals surface area contributed by atoms with Gasteiger partial charge in [-0.15, -0.1) is 0 Å². The molecule has 0 fully saturated rings. The van der Waals surface area contributed by atoms with Crippen molar-refractivity contribution in [1.82, 2.24) is 20.1 Å². The monoisotopic (exact) mass is 345 g/mol. The summed E-state index contributed by atoms with van der Waals surface area (Å²) in [6, 6.07) is 3.47. The molecule has 3 heterocycles. The number of nitrogens with zero attached hydrogens (tertiary/aromatic N) is 4. The Hall–Kier alpha value is -2.77. The van der Waals surface area contributed by atoms with E-state index in [1.807, 2.05) is 18.7 Å². The van der Waals surface area contributed by atoms with Crippen molar-refractivity contribution in [3.05, 3.63) is 47.1 Å². The lowest BCUT2D eigenvalue weighted by atomic mass is 10.1. The lowest BCUT2D eigenvalue weighted by Crippen LogP contribution is -2.31. The quantitative estimate of drug-likeness (QED) is 0.787. The Morgan fingerprint density at radius 2 is 2.08 bits per heavy atom. The minimum atomic E-state index is -0.636. The summed E-state index contributed by atoms with van der Waals surface area (Å²) in [5.74, 6) is 0.463. The highest BCUT2D eigenvalue weighted by atomic mass is 19.1. The molecule has 4 rings (SSSR count). The normalized spacial score (nSPS) is 14.2. The second kappa shape index (κ2) is 5.94. The predicted octanol–water partition coefficient (Wildman–Crippen LogP) is 3.42. The van der Waals surface area contributed by atoms with E-state index < -0.39 is 11.6 Å². The minimum Gasteiger partial charge on any atom is -0.340 e. The standard InChI is InChI=1S/C17H17F2N5O/c1-9(2)16-22-17(23-25-16)24-6-5-13-14(8-24)21-15(20-13)11-4-3-10(18)7-12(11)19/h3-4,7,9H,5-6,8H2,1-2H3,(H,20,21). The number of halogens is 2. The van der Waals surface area contributed by atoms with Crippen molar-refractivity contribution < 1.29 is 13.3 Å². The zero-order chi connectivity index (χ0) is 17.6. The summed E-state index contributed by atoms with van der Waals surface area (Å²) in [5, 5.41) is 4.03. The van der Waals surface area contributed by atoms with E-state index >= 15 is 0 Å². The molecule has 2 aromatic heterocycles. The first kappa shape index (κ1) is 15.7. The van der Waals surface area contributed by atoms with Gasteiger partial charge in [0.2, 0.25) is 5.89 Å².